The predicted molar refractivity (Wildman–Crippen MR) is 79.6 cm³/mol. The molecule has 1 aromatic carbocycles. The van der Waals surface area contributed by atoms with Gasteiger partial charge in [-0.3, -0.25) is 4.79 Å². The SMILES string of the molecule is Cc1cc(OCc2ccn(C)c(=O)c2)cc(C)c1Br. The normalized spacial score (nSPS) is 10.5. The van der Waals surface area contributed by atoms with Crippen LogP contribution < -0.4 is 10.3 Å². The number of pyridine rings is 1. The molecule has 0 saturated carbocycles. The Labute approximate surface area is 121 Å². The molecule has 1 aromatic heterocycles. The Morgan fingerprint density at radius 3 is 2.42 bits per heavy atom. The van der Waals surface area contributed by atoms with E-state index in [4.69, 9.17) is 4.74 Å². The topological polar surface area (TPSA) is 31.2 Å². The lowest BCUT2D eigenvalue weighted by atomic mass is 10.1. The van der Waals surface area contributed by atoms with Gasteiger partial charge in [0.2, 0.25) is 0 Å². The first-order valence-corrected chi connectivity index (χ1v) is 6.82. The molecule has 2 aromatic rings. The summed E-state index contributed by atoms with van der Waals surface area (Å²) >= 11 is 3.53. The number of ether oxygens (including phenoxy) is 1. The van der Waals surface area contributed by atoms with Crippen LogP contribution in [0.3, 0.4) is 0 Å². The van der Waals surface area contributed by atoms with Crippen LogP contribution in [0.2, 0.25) is 0 Å². The van der Waals surface area contributed by atoms with Gasteiger partial charge >= 0.3 is 0 Å². The van der Waals surface area contributed by atoms with Crippen molar-refractivity contribution in [3.63, 3.8) is 0 Å². The van der Waals surface area contributed by atoms with Crippen LogP contribution in [0, 0.1) is 13.8 Å². The van der Waals surface area contributed by atoms with Crippen LogP contribution in [0.4, 0.5) is 0 Å². The number of aromatic nitrogens is 1. The van der Waals surface area contributed by atoms with Crippen molar-refractivity contribution in [2.75, 3.05) is 0 Å². The standard InChI is InChI=1S/C15H16BrNO2/c1-10-6-13(7-11(2)15(10)16)19-9-12-4-5-17(3)14(18)8-12/h4-8H,9H2,1-3H3. The fourth-order valence-electron chi connectivity index (χ4n) is 1.84. The van der Waals surface area contributed by atoms with Crippen LogP contribution >= 0.6 is 15.9 Å². The number of rotatable bonds is 3. The van der Waals surface area contributed by atoms with Crippen molar-refractivity contribution in [2.24, 2.45) is 7.05 Å². The summed E-state index contributed by atoms with van der Waals surface area (Å²) in [6, 6.07) is 7.45. The summed E-state index contributed by atoms with van der Waals surface area (Å²) in [5.74, 6) is 0.818. The molecule has 0 unspecified atom stereocenters. The molecule has 0 fully saturated rings. The lowest BCUT2D eigenvalue weighted by Gasteiger charge is -2.10. The van der Waals surface area contributed by atoms with Crippen LogP contribution in [0.15, 0.2) is 39.7 Å². The fraction of sp³-hybridized carbons (Fsp3) is 0.267. The van der Waals surface area contributed by atoms with E-state index in [1.165, 1.54) is 4.57 Å². The van der Waals surface area contributed by atoms with Gasteiger partial charge in [-0.2, -0.15) is 0 Å². The molecule has 0 radical (unpaired) electrons. The number of hydrogen-bond acceptors (Lipinski definition) is 2. The maximum absolute atomic E-state index is 11.5. The second-order valence-corrected chi connectivity index (χ2v) is 5.44. The Morgan fingerprint density at radius 2 is 1.84 bits per heavy atom. The van der Waals surface area contributed by atoms with Crippen LogP contribution in [0.5, 0.6) is 5.75 Å². The minimum Gasteiger partial charge on any atom is -0.489 e. The number of aryl methyl sites for hydroxylation is 3. The van der Waals surface area contributed by atoms with Crippen LogP contribution in [-0.2, 0) is 13.7 Å². The number of nitrogens with zero attached hydrogens (tertiary/aromatic N) is 1. The summed E-state index contributed by atoms with van der Waals surface area (Å²) in [5, 5.41) is 0. The first-order chi connectivity index (χ1) is 8.97. The molecule has 0 amide bonds. The average molecular weight is 322 g/mol. The third-order valence-corrected chi connectivity index (χ3v) is 4.24. The Balaban J connectivity index is 2.14. The van der Waals surface area contributed by atoms with E-state index < -0.39 is 0 Å². The molecule has 0 bridgehead atoms. The van der Waals surface area contributed by atoms with E-state index in [9.17, 15) is 4.79 Å². The second kappa shape index (κ2) is 5.61. The lowest BCUT2D eigenvalue weighted by molar-refractivity contribution is 0.305. The van der Waals surface area contributed by atoms with Gasteiger partial charge in [0.05, 0.1) is 0 Å². The lowest BCUT2D eigenvalue weighted by Crippen LogP contribution is -2.15. The summed E-state index contributed by atoms with van der Waals surface area (Å²) in [6.07, 6.45) is 1.75. The molecule has 0 aliphatic rings. The van der Waals surface area contributed by atoms with Gasteiger partial charge in [0.25, 0.3) is 5.56 Å². The third kappa shape index (κ3) is 3.26. The van der Waals surface area contributed by atoms with Gasteiger partial charge in [0, 0.05) is 23.8 Å². The highest BCUT2D eigenvalue weighted by atomic mass is 79.9. The molecule has 2 rings (SSSR count). The molecule has 1 heterocycles. The van der Waals surface area contributed by atoms with Crippen LogP contribution in [0.1, 0.15) is 16.7 Å². The van der Waals surface area contributed by atoms with E-state index in [0.717, 1.165) is 26.9 Å². The quantitative estimate of drug-likeness (QED) is 0.868. The van der Waals surface area contributed by atoms with E-state index in [2.05, 4.69) is 15.9 Å². The molecule has 0 aliphatic carbocycles. The molecular formula is C15H16BrNO2. The molecule has 19 heavy (non-hydrogen) atoms. The minimum atomic E-state index is -0.0238. The first-order valence-electron chi connectivity index (χ1n) is 6.02. The molecule has 0 saturated heterocycles. The van der Waals surface area contributed by atoms with Gasteiger partial charge in [-0.05, 0) is 48.7 Å². The summed E-state index contributed by atoms with van der Waals surface area (Å²) in [7, 11) is 1.73. The Bertz CT molecular complexity index is 638. The minimum absolute atomic E-state index is 0.0238. The highest BCUT2D eigenvalue weighted by Crippen LogP contribution is 2.26. The van der Waals surface area contributed by atoms with Gasteiger partial charge in [0.15, 0.2) is 0 Å². The van der Waals surface area contributed by atoms with Crippen LogP contribution in [0.25, 0.3) is 0 Å². The molecule has 0 atom stereocenters. The van der Waals surface area contributed by atoms with E-state index in [-0.39, 0.29) is 5.56 Å². The number of halogens is 1. The Morgan fingerprint density at radius 1 is 1.21 bits per heavy atom. The third-order valence-electron chi connectivity index (χ3n) is 2.98. The van der Waals surface area contributed by atoms with Crippen molar-refractivity contribution >= 4 is 15.9 Å². The summed E-state index contributed by atoms with van der Waals surface area (Å²) < 4.78 is 8.38. The molecule has 100 valence electrons. The smallest absolute Gasteiger partial charge is 0.250 e. The summed E-state index contributed by atoms with van der Waals surface area (Å²) in [4.78, 5) is 11.5. The van der Waals surface area contributed by atoms with Crippen molar-refractivity contribution in [1.29, 1.82) is 0 Å². The van der Waals surface area contributed by atoms with E-state index in [1.54, 1.807) is 19.3 Å². The molecular weight excluding hydrogens is 306 g/mol. The highest BCUT2D eigenvalue weighted by molar-refractivity contribution is 9.10. The average Bonchev–Trinajstić information content (AvgIpc) is 2.37. The fourth-order valence-corrected chi connectivity index (χ4v) is 2.06. The molecule has 4 heteroatoms. The number of hydrogen-bond donors (Lipinski definition) is 0. The van der Waals surface area contributed by atoms with Crippen molar-refractivity contribution in [2.45, 2.75) is 20.5 Å². The van der Waals surface area contributed by atoms with Crippen molar-refractivity contribution in [1.82, 2.24) is 4.57 Å². The van der Waals surface area contributed by atoms with E-state index >= 15 is 0 Å². The highest BCUT2D eigenvalue weighted by Gasteiger charge is 2.04. The monoisotopic (exact) mass is 321 g/mol. The van der Waals surface area contributed by atoms with Crippen molar-refractivity contribution < 1.29 is 4.74 Å². The van der Waals surface area contributed by atoms with Gasteiger partial charge in [0.1, 0.15) is 12.4 Å². The van der Waals surface area contributed by atoms with Gasteiger partial charge in [-0.25, -0.2) is 0 Å². The Hall–Kier alpha value is -1.55. The van der Waals surface area contributed by atoms with E-state index in [1.807, 2.05) is 32.0 Å². The maximum atomic E-state index is 11.5. The molecule has 0 aliphatic heterocycles. The first kappa shape index (κ1) is 13.9. The van der Waals surface area contributed by atoms with Crippen molar-refractivity contribution in [3.8, 4) is 5.75 Å². The number of benzene rings is 1. The van der Waals surface area contributed by atoms with Gasteiger partial charge < -0.3 is 9.30 Å². The van der Waals surface area contributed by atoms with Crippen LogP contribution in [-0.4, -0.2) is 4.57 Å². The maximum Gasteiger partial charge on any atom is 0.250 e. The Kier molecular flexibility index (Phi) is 4.10. The second-order valence-electron chi connectivity index (χ2n) is 4.64. The zero-order valence-corrected chi connectivity index (χ0v) is 12.8. The molecule has 0 N–H and O–H groups in total. The largest absolute Gasteiger partial charge is 0.489 e. The van der Waals surface area contributed by atoms with E-state index in [0.29, 0.717) is 6.61 Å². The van der Waals surface area contributed by atoms with Crippen molar-refractivity contribution in [3.05, 3.63) is 62.0 Å². The van der Waals surface area contributed by atoms with Gasteiger partial charge in [-0.15, -0.1) is 0 Å². The van der Waals surface area contributed by atoms with Gasteiger partial charge in [-0.1, -0.05) is 15.9 Å². The molecule has 3 nitrogen and oxygen atoms in total. The zero-order valence-electron chi connectivity index (χ0n) is 11.2. The zero-order chi connectivity index (χ0) is 14.0. The predicted octanol–water partition coefficient (Wildman–Crippen LogP) is 3.34. The summed E-state index contributed by atoms with van der Waals surface area (Å²) in [5.41, 5.74) is 3.13. The molecule has 0 spiro atoms. The summed E-state index contributed by atoms with van der Waals surface area (Å²) in [6.45, 7) is 4.46.